The molecule has 0 aliphatic carbocycles. The van der Waals surface area contributed by atoms with E-state index in [1.807, 2.05) is 59.5 Å². The maximum absolute atomic E-state index is 12.9. The van der Waals surface area contributed by atoms with E-state index in [1.54, 1.807) is 7.11 Å². The first kappa shape index (κ1) is 15.6. The van der Waals surface area contributed by atoms with E-state index in [-0.39, 0.29) is 12.0 Å². The lowest BCUT2D eigenvalue weighted by Crippen LogP contribution is -2.40. The topological polar surface area (TPSA) is 41.6 Å². The van der Waals surface area contributed by atoms with Gasteiger partial charge in [-0.3, -0.25) is 4.79 Å². The predicted molar refractivity (Wildman–Crippen MR) is 92.1 cm³/mol. The zero-order valence-corrected chi connectivity index (χ0v) is 13.4. The number of ether oxygens (including phenoxy) is 1. The summed E-state index contributed by atoms with van der Waals surface area (Å²) in [4.78, 5) is 14.8. The van der Waals surface area contributed by atoms with Crippen molar-refractivity contribution in [3.05, 3.63) is 60.2 Å². The summed E-state index contributed by atoms with van der Waals surface area (Å²) in [5.41, 5.74) is 2.54. The third-order valence-corrected chi connectivity index (χ3v) is 4.27. The van der Waals surface area contributed by atoms with Crippen molar-refractivity contribution in [1.82, 2.24) is 4.90 Å². The van der Waals surface area contributed by atoms with Gasteiger partial charge in [-0.25, -0.2) is 0 Å². The van der Waals surface area contributed by atoms with Crippen molar-refractivity contribution < 1.29 is 9.53 Å². The molecule has 0 radical (unpaired) electrons. The van der Waals surface area contributed by atoms with Crippen molar-refractivity contribution in [2.45, 2.75) is 18.9 Å². The van der Waals surface area contributed by atoms with Crippen LogP contribution < -0.4 is 5.32 Å². The maximum atomic E-state index is 12.9. The monoisotopic (exact) mass is 310 g/mol. The molecule has 23 heavy (non-hydrogen) atoms. The van der Waals surface area contributed by atoms with Gasteiger partial charge in [-0.05, 0) is 37.1 Å². The van der Waals surface area contributed by atoms with Crippen molar-refractivity contribution >= 4 is 17.3 Å². The molecular weight excluding hydrogens is 288 g/mol. The van der Waals surface area contributed by atoms with Gasteiger partial charge in [-0.2, -0.15) is 0 Å². The number of carbonyl (C=O) groups excluding carboxylic acids is 1. The first-order chi connectivity index (χ1) is 11.3. The number of hydrogen-bond donors (Lipinski definition) is 1. The number of hydrogen-bond acceptors (Lipinski definition) is 3. The fourth-order valence-corrected chi connectivity index (χ4v) is 2.92. The summed E-state index contributed by atoms with van der Waals surface area (Å²) in [7, 11) is 1.74. The molecule has 0 atom stereocenters. The molecule has 0 spiro atoms. The molecule has 4 heteroatoms. The number of methoxy groups -OCH3 is 1. The van der Waals surface area contributed by atoms with Crippen molar-refractivity contribution in [2.24, 2.45) is 0 Å². The number of benzene rings is 2. The second-order valence-corrected chi connectivity index (χ2v) is 5.76. The highest BCUT2D eigenvalue weighted by atomic mass is 16.5. The number of carbonyl (C=O) groups is 1. The zero-order chi connectivity index (χ0) is 16.1. The van der Waals surface area contributed by atoms with Crippen molar-refractivity contribution in [3.8, 4) is 0 Å². The van der Waals surface area contributed by atoms with E-state index in [2.05, 4.69) is 5.32 Å². The standard InChI is InChI=1S/C19H22N2O2/c1-23-16-11-13-21(14-12-16)19(22)17-9-5-6-10-18(17)20-15-7-3-2-4-8-15/h2-10,16,20H,11-14H2,1H3. The summed E-state index contributed by atoms with van der Waals surface area (Å²) in [5.74, 6) is 0.0820. The Bertz CT molecular complexity index is 649. The minimum atomic E-state index is 0.0820. The van der Waals surface area contributed by atoms with E-state index in [9.17, 15) is 4.79 Å². The molecular formula is C19H22N2O2. The molecule has 1 saturated heterocycles. The number of likely N-dealkylation sites (tertiary alicyclic amines) is 1. The molecule has 2 aromatic carbocycles. The van der Waals surface area contributed by atoms with Crippen LogP contribution >= 0.6 is 0 Å². The van der Waals surface area contributed by atoms with Gasteiger partial charge < -0.3 is 15.0 Å². The maximum Gasteiger partial charge on any atom is 0.255 e. The van der Waals surface area contributed by atoms with Crippen LogP contribution in [0.3, 0.4) is 0 Å². The average Bonchev–Trinajstić information content (AvgIpc) is 2.62. The van der Waals surface area contributed by atoms with Crippen molar-refractivity contribution in [3.63, 3.8) is 0 Å². The van der Waals surface area contributed by atoms with Gasteiger partial charge >= 0.3 is 0 Å². The van der Waals surface area contributed by atoms with Gasteiger partial charge in [-0.1, -0.05) is 30.3 Å². The van der Waals surface area contributed by atoms with Gasteiger partial charge in [0, 0.05) is 25.9 Å². The molecule has 0 bridgehead atoms. The number of anilines is 2. The summed E-state index contributed by atoms with van der Waals surface area (Å²) >= 11 is 0. The highest BCUT2D eigenvalue weighted by Crippen LogP contribution is 2.23. The number of rotatable bonds is 4. The smallest absolute Gasteiger partial charge is 0.255 e. The van der Waals surface area contributed by atoms with Crippen molar-refractivity contribution in [1.29, 1.82) is 0 Å². The molecule has 2 aromatic rings. The van der Waals surface area contributed by atoms with Crippen LogP contribution in [0.25, 0.3) is 0 Å². The van der Waals surface area contributed by atoms with Crippen LogP contribution in [0, 0.1) is 0 Å². The van der Waals surface area contributed by atoms with Crippen LogP contribution in [-0.2, 0) is 4.74 Å². The third kappa shape index (κ3) is 3.71. The normalized spacial score (nSPS) is 15.4. The number of nitrogens with zero attached hydrogens (tertiary/aromatic N) is 1. The van der Waals surface area contributed by atoms with Gasteiger partial charge in [0.15, 0.2) is 0 Å². The van der Waals surface area contributed by atoms with Crippen LogP contribution in [0.5, 0.6) is 0 Å². The quantitative estimate of drug-likeness (QED) is 0.936. The van der Waals surface area contributed by atoms with Gasteiger partial charge in [-0.15, -0.1) is 0 Å². The van der Waals surface area contributed by atoms with E-state index >= 15 is 0 Å². The Hall–Kier alpha value is -2.33. The molecule has 0 unspecified atom stereocenters. The first-order valence-electron chi connectivity index (χ1n) is 8.01. The van der Waals surface area contributed by atoms with E-state index < -0.39 is 0 Å². The molecule has 0 saturated carbocycles. The summed E-state index contributed by atoms with van der Waals surface area (Å²) in [5, 5.41) is 3.34. The van der Waals surface area contributed by atoms with E-state index in [1.165, 1.54) is 0 Å². The third-order valence-electron chi connectivity index (χ3n) is 4.27. The van der Waals surface area contributed by atoms with Gasteiger partial charge in [0.1, 0.15) is 0 Å². The molecule has 0 aromatic heterocycles. The van der Waals surface area contributed by atoms with Gasteiger partial charge in [0.25, 0.3) is 5.91 Å². The Labute approximate surface area is 137 Å². The lowest BCUT2D eigenvalue weighted by Gasteiger charge is -2.31. The number of piperidine rings is 1. The molecule has 1 fully saturated rings. The molecule has 4 nitrogen and oxygen atoms in total. The number of amides is 1. The van der Waals surface area contributed by atoms with Crippen molar-refractivity contribution in [2.75, 3.05) is 25.5 Å². The second-order valence-electron chi connectivity index (χ2n) is 5.76. The zero-order valence-electron chi connectivity index (χ0n) is 13.4. The van der Waals surface area contributed by atoms with E-state index in [0.717, 1.165) is 37.3 Å². The van der Waals surface area contributed by atoms with Gasteiger partial charge in [0.05, 0.1) is 17.4 Å². The Morgan fingerprint density at radius 1 is 1.04 bits per heavy atom. The number of nitrogens with one attached hydrogen (secondary N) is 1. The molecule has 1 N–H and O–H groups in total. The fourth-order valence-electron chi connectivity index (χ4n) is 2.92. The van der Waals surface area contributed by atoms with Crippen LogP contribution in [0.15, 0.2) is 54.6 Å². The minimum absolute atomic E-state index is 0.0820. The van der Waals surface area contributed by atoms with E-state index in [0.29, 0.717) is 5.56 Å². The molecule has 1 aliphatic heterocycles. The minimum Gasteiger partial charge on any atom is -0.381 e. The Morgan fingerprint density at radius 2 is 1.70 bits per heavy atom. The first-order valence-corrected chi connectivity index (χ1v) is 8.01. The largest absolute Gasteiger partial charge is 0.381 e. The molecule has 1 aliphatic rings. The average molecular weight is 310 g/mol. The summed E-state index contributed by atoms with van der Waals surface area (Å²) in [6, 6.07) is 17.6. The lowest BCUT2D eigenvalue weighted by atomic mass is 10.1. The number of para-hydroxylation sites is 2. The summed E-state index contributed by atoms with van der Waals surface area (Å²) in [6.45, 7) is 1.49. The van der Waals surface area contributed by atoms with Gasteiger partial charge in [0.2, 0.25) is 0 Å². The molecule has 1 heterocycles. The van der Waals surface area contributed by atoms with Crippen LogP contribution in [0.4, 0.5) is 11.4 Å². The predicted octanol–water partition coefficient (Wildman–Crippen LogP) is 3.68. The lowest BCUT2D eigenvalue weighted by molar-refractivity contribution is 0.0351. The highest BCUT2D eigenvalue weighted by Gasteiger charge is 2.24. The Balaban J connectivity index is 1.76. The second kappa shape index (κ2) is 7.29. The fraction of sp³-hybridized carbons (Fsp3) is 0.316. The van der Waals surface area contributed by atoms with Crippen LogP contribution in [0.1, 0.15) is 23.2 Å². The molecule has 1 amide bonds. The summed E-state index contributed by atoms with van der Waals surface area (Å²) < 4.78 is 5.38. The summed E-state index contributed by atoms with van der Waals surface area (Å²) in [6.07, 6.45) is 2.07. The highest BCUT2D eigenvalue weighted by molar-refractivity contribution is 6.00. The van der Waals surface area contributed by atoms with E-state index in [4.69, 9.17) is 4.74 Å². The SMILES string of the molecule is COC1CCN(C(=O)c2ccccc2Nc2ccccc2)CC1. The Morgan fingerprint density at radius 3 is 2.39 bits per heavy atom. The molecule has 3 rings (SSSR count). The van der Waals surface area contributed by atoms with Crippen LogP contribution in [-0.4, -0.2) is 37.1 Å². The molecule has 120 valence electrons. The Kier molecular flexibility index (Phi) is 4.93. The van der Waals surface area contributed by atoms with Crippen LogP contribution in [0.2, 0.25) is 0 Å².